The molecule has 1 fully saturated rings. The van der Waals surface area contributed by atoms with Gasteiger partial charge in [0.15, 0.2) is 0 Å². The molecular formula is C21H22FN3O3. The summed E-state index contributed by atoms with van der Waals surface area (Å²) >= 11 is 0. The minimum atomic E-state index is -0.912. The van der Waals surface area contributed by atoms with E-state index in [1.807, 2.05) is 13.8 Å². The van der Waals surface area contributed by atoms with Gasteiger partial charge in [0.05, 0.1) is 12.1 Å². The fourth-order valence-electron chi connectivity index (χ4n) is 3.08. The smallest absolute Gasteiger partial charge is 0.329 e. The number of imide groups is 1. The van der Waals surface area contributed by atoms with E-state index in [1.54, 1.807) is 42.5 Å². The van der Waals surface area contributed by atoms with Gasteiger partial charge in [0.2, 0.25) is 5.91 Å². The van der Waals surface area contributed by atoms with Crippen LogP contribution in [0.25, 0.3) is 0 Å². The molecule has 0 spiro atoms. The molecule has 4 amide bonds. The Morgan fingerprint density at radius 2 is 1.86 bits per heavy atom. The number of urea groups is 1. The molecule has 0 aliphatic carbocycles. The molecule has 1 aliphatic rings. The second-order valence-electron chi connectivity index (χ2n) is 7.39. The molecule has 6 nitrogen and oxygen atoms in total. The van der Waals surface area contributed by atoms with Crippen LogP contribution in [0.15, 0.2) is 54.6 Å². The Bertz CT molecular complexity index is 899. The van der Waals surface area contributed by atoms with Gasteiger partial charge in [0.1, 0.15) is 11.9 Å². The molecule has 28 heavy (non-hydrogen) atoms. The summed E-state index contributed by atoms with van der Waals surface area (Å²) in [4.78, 5) is 38.0. The third-order valence-corrected chi connectivity index (χ3v) is 4.76. The molecule has 3 rings (SSSR count). The van der Waals surface area contributed by atoms with Crippen LogP contribution >= 0.6 is 0 Å². The fraction of sp³-hybridized carbons (Fsp3) is 0.286. The third kappa shape index (κ3) is 4.19. The van der Waals surface area contributed by atoms with Gasteiger partial charge in [-0.2, -0.15) is 0 Å². The molecule has 0 bridgehead atoms. The van der Waals surface area contributed by atoms with Crippen molar-refractivity contribution < 1.29 is 18.8 Å². The number of hydrogen-bond donors (Lipinski definition) is 2. The number of amides is 4. The van der Waals surface area contributed by atoms with Crippen molar-refractivity contribution in [1.82, 2.24) is 10.6 Å². The Kier molecular flexibility index (Phi) is 5.44. The summed E-state index contributed by atoms with van der Waals surface area (Å²) < 4.78 is 13.5. The highest BCUT2D eigenvalue weighted by atomic mass is 19.1. The lowest BCUT2D eigenvalue weighted by Gasteiger charge is -2.26. The van der Waals surface area contributed by atoms with Crippen LogP contribution in [0.5, 0.6) is 0 Å². The molecule has 0 aromatic heterocycles. The van der Waals surface area contributed by atoms with Gasteiger partial charge < -0.3 is 10.6 Å². The van der Waals surface area contributed by atoms with E-state index in [2.05, 4.69) is 10.6 Å². The van der Waals surface area contributed by atoms with Crippen molar-refractivity contribution in [2.75, 3.05) is 11.4 Å². The van der Waals surface area contributed by atoms with Crippen molar-refractivity contribution in [3.05, 3.63) is 66.0 Å². The zero-order valence-electron chi connectivity index (χ0n) is 15.7. The van der Waals surface area contributed by atoms with E-state index >= 15 is 0 Å². The first-order chi connectivity index (χ1) is 13.3. The van der Waals surface area contributed by atoms with Crippen LogP contribution in [0.4, 0.5) is 14.9 Å². The Hall–Kier alpha value is -3.22. The molecule has 146 valence electrons. The van der Waals surface area contributed by atoms with E-state index in [0.29, 0.717) is 5.69 Å². The number of halogens is 1. The number of hydrogen-bond acceptors (Lipinski definition) is 3. The van der Waals surface area contributed by atoms with Gasteiger partial charge in [-0.25, -0.2) is 14.1 Å². The van der Waals surface area contributed by atoms with Crippen molar-refractivity contribution >= 4 is 23.5 Å². The van der Waals surface area contributed by atoms with E-state index in [-0.39, 0.29) is 24.7 Å². The van der Waals surface area contributed by atoms with Crippen LogP contribution in [0.2, 0.25) is 0 Å². The molecule has 1 atom stereocenters. The zero-order chi connectivity index (χ0) is 20.3. The van der Waals surface area contributed by atoms with Crippen molar-refractivity contribution in [2.45, 2.75) is 31.7 Å². The summed E-state index contributed by atoms with van der Waals surface area (Å²) in [5.41, 5.74) is 0.727. The van der Waals surface area contributed by atoms with E-state index < -0.39 is 23.4 Å². The second kappa shape index (κ2) is 7.80. The predicted octanol–water partition coefficient (Wildman–Crippen LogP) is 2.73. The Balaban J connectivity index is 1.59. The van der Waals surface area contributed by atoms with Crippen LogP contribution < -0.4 is 15.5 Å². The standard InChI is InChI=1S/C21H22FN3O3/c1-21(2,14-7-6-8-15(22)11-14)13-23-18(26)12-17-19(27)25(20(28)24-17)16-9-4-3-5-10-16/h3-11,17H,12-13H2,1-2H3,(H,23,26)(H,24,28)/t17-/m1/s1. The van der Waals surface area contributed by atoms with E-state index in [4.69, 9.17) is 0 Å². The molecule has 1 saturated heterocycles. The topological polar surface area (TPSA) is 78.5 Å². The first-order valence-electron chi connectivity index (χ1n) is 9.00. The van der Waals surface area contributed by atoms with E-state index in [9.17, 15) is 18.8 Å². The van der Waals surface area contributed by atoms with Crippen LogP contribution in [-0.4, -0.2) is 30.4 Å². The number of carbonyl (C=O) groups excluding carboxylic acids is 3. The quantitative estimate of drug-likeness (QED) is 0.753. The van der Waals surface area contributed by atoms with Crippen molar-refractivity contribution in [2.24, 2.45) is 0 Å². The molecule has 2 aromatic carbocycles. The predicted molar refractivity (Wildman–Crippen MR) is 103 cm³/mol. The summed E-state index contributed by atoms with van der Waals surface area (Å²) in [7, 11) is 0. The highest BCUT2D eigenvalue weighted by Crippen LogP contribution is 2.23. The molecule has 1 aliphatic heterocycles. The Labute approximate surface area is 162 Å². The van der Waals surface area contributed by atoms with Gasteiger partial charge in [-0.15, -0.1) is 0 Å². The van der Waals surface area contributed by atoms with Gasteiger partial charge in [-0.1, -0.05) is 44.2 Å². The highest BCUT2D eigenvalue weighted by Gasteiger charge is 2.40. The van der Waals surface area contributed by atoms with Crippen molar-refractivity contribution in [1.29, 1.82) is 0 Å². The number of benzene rings is 2. The summed E-state index contributed by atoms with van der Waals surface area (Å²) in [6, 6.07) is 13.3. The number of nitrogens with zero attached hydrogens (tertiary/aromatic N) is 1. The first kappa shape index (κ1) is 19.5. The van der Waals surface area contributed by atoms with Gasteiger partial charge in [0.25, 0.3) is 5.91 Å². The average molecular weight is 383 g/mol. The first-order valence-corrected chi connectivity index (χ1v) is 9.00. The van der Waals surface area contributed by atoms with Gasteiger partial charge in [-0.05, 0) is 29.8 Å². The minimum Gasteiger partial charge on any atom is -0.355 e. The van der Waals surface area contributed by atoms with Gasteiger partial charge in [-0.3, -0.25) is 9.59 Å². The summed E-state index contributed by atoms with van der Waals surface area (Å²) in [5.74, 6) is -1.16. The Morgan fingerprint density at radius 3 is 2.54 bits per heavy atom. The lowest BCUT2D eigenvalue weighted by molar-refractivity contribution is -0.125. The SMILES string of the molecule is CC(C)(CNC(=O)C[C@H]1NC(=O)N(c2ccccc2)C1=O)c1cccc(F)c1. The lowest BCUT2D eigenvalue weighted by atomic mass is 9.84. The van der Waals surface area contributed by atoms with Crippen molar-refractivity contribution in [3.8, 4) is 0 Å². The maximum atomic E-state index is 13.5. The van der Waals surface area contributed by atoms with Crippen LogP contribution in [0.1, 0.15) is 25.8 Å². The maximum Gasteiger partial charge on any atom is 0.329 e. The second-order valence-corrected chi connectivity index (χ2v) is 7.39. The maximum absolute atomic E-state index is 13.5. The largest absolute Gasteiger partial charge is 0.355 e. The summed E-state index contributed by atoms with van der Waals surface area (Å²) in [5, 5.41) is 5.32. The van der Waals surface area contributed by atoms with Crippen LogP contribution in [0, 0.1) is 5.82 Å². The summed E-state index contributed by atoms with van der Waals surface area (Å²) in [6.45, 7) is 4.05. The molecule has 1 heterocycles. The minimum absolute atomic E-state index is 0.160. The molecule has 2 aromatic rings. The molecule has 0 unspecified atom stereocenters. The number of nitrogens with one attached hydrogen (secondary N) is 2. The highest BCUT2D eigenvalue weighted by molar-refractivity contribution is 6.22. The Morgan fingerprint density at radius 1 is 1.14 bits per heavy atom. The summed E-state index contributed by atoms with van der Waals surface area (Å²) in [6.07, 6.45) is -0.160. The monoisotopic (exact) mass is 383 g/mol. The van der Waals surface area contributed by atoms with Gasteiger partial charge in [0, 0.05) is 12.0 Å². The normalized spacial score (nSPS) is 16.8. The van der Waals surface area contributed by atoms with E-state index in [0.717, 1.165) is 10.5 Å². The number of para-hydroxylation sites is 1. The van der Waals surface area contributed by atoms with Crippen LogP contribution in [0.3, 0.4) is 0 Å². The number of carbonyl (C=O) groups is 3. The molecule has 2 N–H and O–H groups in total. The van der Waals surface area contributed by atoms with E-state index in [1.165, 1.54) is 12.1 Å². The average Bonchev–Trinajstić information content (AvgIpc) is 2.94. The van der Waals surface area contributed by atoms with Gasteiger partial charge >= 0.3 is 6.03 Å². The molecule has 7 heteroatoms. The number of rotatable bonds is 6. The van der Waals surface area contributed by atoms with Crippen molar-refractivity contribution in [3.63, 3.8) is 0 Å². The molecule has 0 radical (unpaired) electrons. The number of anilines is 1. The molecule has 0 saturated carbocycles. The third-order valence-electron chi connectivity index (χ3n) is 4.76. The van der Waals surface area contributed by atoms with Crippen LogP contribution in [-0.2, 0) is 15.0 Å². The zero-order valence-corrected chi connectivity index (χ0v) is 15.7. The lowest BCUT2D eigenvalue weighted by Crippen LogP contribution is -2.41. The molecular weight excluding hydrogens is 361 g/mol. The fourth-order valence-corrected chi connectivity index (χ4v) is 3.08.